The van der Waals surface area contributed by atoms with Crippen LogP contribution in [-0.4, -0.2) is 0 Å². The third kappa shape index (κ3) is 54.1. The fourth-order valence-corrected chi connectivity index (χ4v) is 5.39. The van der Waals surface area contributed by atoms with Crippen molar-refractivity contribution >= 4 is 0 Å². The molecule has 0 heterocycles. The Bertz CT molecular complexity index is 312. The summed E-state index contributed by atoms with van der Waals surface area (Å²) in [7, 11) is 0. The van der Waals surface area contributed by atoms with Crippen LogP contribution in [0.25, 0.3) is 0 Å². The Morgan fingerprint density at radius 3 is 0.275 bits per heavy atom. The summed E-state index contributed by atoms with van der Waals surface area (Å²) in [6.07, 6.45) is 49.3. The zero-order valence-corrected chi connectivity index (χ0v) is 30.0. The molecule has 0 saturated heterocycles. The van der Waals surface area contributed by atoms with E-state index in [1.165, 1.54) is 218 Å². The average Bonchev–Trinajstić information content (AvgIpc) is 2.97. The first-order valence-electron chi connectivity index (χ1n) is 19.7. The van der Waals surface area contributed by atoms with Crippen molar-refractivity contribution in [1.82, 2.24) is 0 Å². The maximum Gasteiger partial charge on any atom is -0.0533 e. The number of unbranched alkanes of at least 4 members (excludes halogenated alkanes) is 31. The second-order valence-corrected chi connectivity index (χ2v) is 12.9. The molecule has 0 spiro atoms. The van der Waals surface area contributed by atoms with Crippen LogP contribution in [0, 0.1) is 0 Å². The minimum atomic E-state index is 1.37. The van der Waals surface area contributed by atoms with Crippen molar-refractivity contribution in [2.24, 2.45) is 0 Å². The minimum Gasteiger partial charge on any atom is -0.0654 e. The third-order valence-electron chi connectivity index (χ3n) is 8.37. The summed E-state index contributed by atoms with van der Waals surface area (Å²) in [5.74, 6) is 0. The molecule has 0 atom stereocenters. The van der Waals surface area contributed by atoms with Crippen molar-refractivity contribution in [3.63, 3.8) is 0 Å². The third-order valence-corrected chi connectivity index (χ3v) is 8.37. The Morgan fingerprint density at radius 1 is 0.125 bits per heavy atom. The number of hydrogen-bond acceptors (Lipinski definition) is 0. The number of rotatable bonds is 31. The molecule has 0 N–H and O–H groups in total. The molecule has 0 aromatic heterocycles. The van der Waals surface area contributed by atoms with E-state index in [1.54, 1.807) is 0 Å². The zero-order valence-electron chi connectivity index (χ0n) is 30.0. The van der Waals surface area contributed by atoms with Crippen molar-refractivity contribution in [3.05, 3.63) is 0 Å². The molecular weight excluding hydrogens is 480 g/mol. The van der Waals surface area contributed by atoms with Gasteiger partial charge in [-0.05, 0) is 0 Å². The van der Waals surface area contributed by atoms with Crippen molar-refractivity contribution in [1.29, 1.82) is 0 Å². The smallest absolute Gasteiger partial charge is 0.0533 e. The Hall–Kier alpha value is 0. The predicted octanol–water partition coefficient (Wildman–Crippen LogP) is 16.3. The Balaban J connectivity index is -0.000000527. The van der Waals surface area contributed by atoms with Gasteiger partial charge >= 0.3 is 0 Å². The van der Waals surface area contributed by atoms with E-state index in [1.807, 2.05) is 0 Å². The van der Waals surface area contributed by atoms with Crippen LogP contribution in [0.4, 0.5) is 0 Å². The van der Waals surface area contributed by atoms with Crippen molar-refractivity contribution in [2.75, 3.05) is 0 Å². The topological polar surface area (TPSA) is 0 Å². The molecule has 0 rings (SSSR count). The highest BCUT2D eigenvalue weighted by Gasteiger charge is 1.94. The van der Waals surface area contributed by atoms with Gasteiger partial charge in [0.1, 0.15) is 0 Å². The Labute approximate surface area is 259 Å². The van der Waals surface area contributed by atoms with Crippen LogP contribution in [0.3, 0.4) is 0 Å². The molecular formula is C40H86. The first kappa shape index (κ1) is 44.4. The van der Waals surface area contributed by atoms with Gasteiger partial charge in [0.15, 0.2) is 0 Å². The van der Waals surface area contributed by atoms with Crippen molar-refractivity contribution < 1.29 is 0 Å². The lowest BCUT2D eigenvalue weighted by molar-refractivity contribution is 0.538. The van der Waals surface area contributed by atoms with Gasteiger partial charge < -0.3 is 0 Å². The predicted molar refractivity (Wildman–Crippen MR) is 191 cm³/mol. The largest absolute Gasteiger partial charge is 0.0654 e. The van der Waals surface area contributed by atoms with Crippen LogP contribution in [0.2, 0.25) is 0 Å². The Kier molecular flexibility index (Phi) is 54.1. The summed E-state index contributed by atoms with van der Waals surface area (Å²) in [4.78, 5) is 0. The molecule has 0 aliphatic heterocycles. The first-order valence-corrected chi connectivity index (χ1v) is 19.7. The second-order valence-electron chi connectivity index (χ2n) is 12.9. The number of hydrogen-bond donors (Lipinski definition) is 0. The van der Waals surface area contributed by atoms with E-state index in [2.05, 4.69) is 41.5 Å². The summed E-state index contributed by atoms with van der Waals surface area (Å²) in [5, 5.41) is 0. The van der Waals surface area contributed by atoms with Crippen LogP contribution < -0.4 is 0 Å². The molecule has 0 unspecified atom stereocenters. The highest BCUT2D eigenvalue weighted by Crippen LogP contribution is 2.13. The molecule has 0 radical (unpaired) electrons. The standard InChI is InChI=1S/C16H34.C14H30.C10H22/c1-3-5-7-9-11-13-15-16-14-12-10-8-6-4-2;1-3-5-7-9-11-13-14-12-10-8-6-4-2;1-3-5-7-9-10-8-6-4-2/h3-16H2,1-2H3;3-14H2,1-2H3;3-10H2,1-2H3. The van der Waals surface area contributed by atoms with Gasteiger partial charge in [0.05, 0.1) is 0 Å². The first-order chi connectivity index (χ1) is 19.7. The highest BCUT2D eigenvalue weighted by atomic mass is 14.0. The fourth-order valence-electron chi connectivity index (χ4n) is 5.39. The molecule has 246 valence electrons. The summed E-state index contributed by atoms with van der Waals surface area (Å²) < 4.78 is 0. The zero-order chi connectivity index (χ0) is 30.0. The summed E-state index contributed by atoms with van der Waals surface area (Å²) in [6, 6.07) is 0. The van der Waals surface area contributed by atoms with E-state index >= 15 is 0 Å². The lowest BCUT2D eigenvalue weighted by Gasteiger charge is -2.02. The van der Waals surface area contributed by atoms with Crippen molar-refractivity contribution in [3.8, 4) is 0 Å². The molecule has 0 fully saturated rings. The molecule has 0 amide bonds. The van der Waals surface area contributed by atoms with Crippen LogP contribution in [0.5, 0.6) is 0 Å². The summed E-state index contributed by atoms with van der Waals surface area (Å²) >= 11 is 0. The molecule has 0 nitrogen and oxygen atoms in total. The molecule has 0 saturated carbocycles. The fraction of sp³-hybridized carbons (Fsp3) is 1.00. The molecule has 0 aromatic rings. The highest BCUT2D eigenvalue weighted by molar-refractivity contribution is 4.49. The van der Waals surface area contributed by atoms with E-state index in [0.29, 0.717) is 0 Å². The van der Waals surface area contributed by atoms with E-state index in [9.17, 15) is 0 Å². The lowest BCUT2D eigenvalue weighted by Crippen LogP contribution is -1.82. The molecule has 0 aliphatic rings. The van der Waals surface area contributed by atoms with Gasteiger partial charge in [0.2, 0.25) is 0 Å². The molecule has 0 heteroatoms. The van der Waals surface area contributed by atoms with Crippen molar-refractivity contribution in [2.45, 2.75) is 260 Å². The molecule has 40 heavy (non-hydrogen) atoms. The minimum absolute atomic E-state index is 1.37. The van der Waals surface area contributed by atoms with Crippen LogP contribution >= 0.6 is 0 Å². The monoisotopic (exact) mass is 567 g/mol. The van der Waals surface area contributed by atoms with E-state index < -0.39 is 0 Å². The summed E-state index contributed by atoms with van der Waals surface area (Å²) in [5.41, 5.74) is 0. The molecule has 0 aromatic carbocycles. The normalized spacial score (nSPS) is 10.7. The van der Waals surface area contributed by atoms with Gasteiger partial charge in [-0.1, -0.05) is 260 Å². The SMILES string of the molecule is CCCCCCCCCC.CCCCCCCCCCCCCC.CCCCCCCCCCCCCCCC. The second kappa shape index (κ2) is 48.7. The van der Waals surface area contributed by atoms with Gasteiger partial charge in [-0.3, -0.25) is 0 Å². The lowest BCUT2D eigenvalue weighted by atomic mass is 10.0. The van der Waals surface area contributed by atoms with Gasteiger partial charge in [-0.2, -0.15) is 0 Å². The van der Waals surface area contributed by atoms with Crippen LogP contribution in [0.15, 0.2) is 0 Å². The van der Waals surface area contributed by atoms with E-state index in [-0.39, 0.29) is 0 Å². The van der Waals surface area contributed by atoms with Gasteiger partial charge in [0.25, 0.3) is 0 Å². The van der Waals surface area contributed by atoms with Crippen LogP contribution in [-0.2, 0) is 0 Å². The van der Waals surface area contributed by atoms with Crippen LogP contribution in [0.1, 0.15) is 260 Å². The average molecular weight is 567 g/mol. The quantitative estimate of drug-likeness (QED) is 0.0732. The van der Waals surface area contributed by atoms with Gasteiger partial charge in [-0.15, -0.1) is 0 Å². The molecule has 0 aliphatic carbocycles. The van der Waals surface area contributed by atoms with E-state index in [4.69, 9.17) is 0 Å². The maximum absolute atomic E-state index is 2.29. The van der Waals surface area contributed by atoms with Gasteiger partial charge in [-0.25, -0.2) is 0 Å². The maximum atomic E-state index is 2.29. The van der Waals surface area contributed by atoms with E-state index in [0.717, 1.165) is 0 Å². The molecule has 0 bridgehead atoms. The van der Waals surface area contributed by atoms with Gasteiger partial charge in [0, 0.05) is 0 Å². The summed E-state index contributed by atoms with van der Waals surface area (Å²) in [6.45, 7) is 13.7. The Morgan fingerprint density at radius 2 is 0.200 bits per heavy atom.